The summed E-state index contributed by atoms with van der Waals surface area (Å²) in [6.45, 7) is 5.29. The van der Waals surface area contributed by atoms with Gasteiger partial charge in [0.05, 0.1) is 0 Å². The molecular formula is C12H14O2. The molecule has 0 spiro atoms. The molecule has 1 aliphatic rings. The van der Waals surface area contributed by atoms with Crippen molar-refractivity contribution in [2.24, 2.45) is 0 Å². The van der Waals surface area contributed by atoms with Gasteiger partial charge >= 0.3 is 0 Å². The van der Waals surface area contributed by atoms with E-state index in [1.165, 1.54) is 6.08 Å². The van der Waals surface area contributed by atoms with E-state index >= 15 is 0 Å². The van der Waals surface area contributed by atoms with Crippen molar-refractivity contribution >= 4 is 11.6 Å². The average molecular weight is 190 g/mol. The molecule has 74 valence electrons. The molecule has 2 heteroatoms. The highest BCUT2D eigenvalue weighted by Gasteiger charge is 2.21. The first-order valence-corrected chi connectivity index (χ1v) is 4.66. The van der Waals surface area contributed by atoms with Gasteiger partial charge in [-0.1, -0.05) is 12.2 Å². The molecule has 0 fully saturated rings. The summed E-state index contributed by atoms with van der Waals surface area (Å²) in [6, 6.07) is 0. The Morgan fingerprint density at radius 2 is 1.93 bits per heavy atom. The fourth-order valence-corrected chi connectivity index (χ4v) is 1.41. The summed E-state index contributed by atoms with van der Waals surface area (Å²) in [4.78, 5) is 23.1. The average Bonchev–Trinajstić information content (AvgIpc) is 2.15. The molecule has 0 aromatic carbocycles. The monoisotopic (exact) mass is 190 g/mol. The van der Waals surface area contributed by atoms with E-state index in [0.29, 0.717) is 23.1 Å². The van der Waals surface area contributed by atoms with E-state index in [1.54, 1.807) is 13.8 Å². The van der Waals surface area contributed by atoms with Crippen LogP contribution in [0.25, 0.3) is 0 Å². The normalized spacial score (nSPS) is 18.1. The van der Waals surface area contributed by atoms with Crippen LogP contribution in [0.5, 0.6) is 0 Å². The minimum atomic E-state index is -0.0402. The third-order valence-electron chi connectivity index (χ3n) is 2.36. The number of hydrogen-bond acceptors (Lipinski definition) is 2. The highest BCUT2D eigenvalue weighted by atomic mass is 16.1. The molecule has 0 radical (unpaired) electrons. The zero-order valence-corrected chi connectivity index (χ0v) is 8.76. The van der Waals surface area contributed by atoms with Crippen LogP contribution < -0.4 is 0 Å². The van der Waals surface area contributed by atoms with Crippen molar-refractivity contribution in [3.8, 4) is 0 Å². The fraction of sp³-hybridized carbons (Fsp3) is 0.333. The van der Waals surface area contributed by atoms with Gasteiger partial charge in [-0.3, -0.25) is 9.59 Å². The van der Waals surface area contributed by atoms with E-state index < -0.39 is 0 Å². The lowest BCUT2D eigenvalue weighted by Crippen LogP contribution is -2.16. The summed E-state index contributed by atoms with van der Waals surface area (Å²) in [6.07, 6.45) is 5.74. The maximum absolute atomic E-state index is 11.7. The number of Topliss-reactive ketones (excluding diaryl/α,β-unsaturated/α-hetero) is 1. The van der Waals surface area contributed by atoms with Crippen LogP contribution >= 0.6 is 0 Å². The Labute approximate surface area is 84.0 Å². The van der Waals surface area contributed by atoms with E-state index in [4.69, 9.17) is 0 Å². The van der Waals surface area contributed by atoms with Crippen molar-refractivity contribution in [3.05, 3.63) is 34.9 Å². The summed E-state index contributed by atoms with van der Waals surface area (Å²) < 4.78 is 0. The minimum Gasteiger partial charge on any atom is -0.290 e. The number of carbonyl (C=O) groups excluding carboxylic acids is 2. The lowest BCUT2D eigenvalue weighted by Gasteiger charge is -2.13. The maximum atomic E-state index is 11.7. The van der Waals surface area contributed by atoms with Crippen LogP contribution in [-0.4, -0.2) is 11.6 Å². The highest BCUT2D eigenvalue weighted by Crippen LogP contribution is 2.21. The Bertz CT molecular complexity index is 368. The molecule has 0 N–H and O–H groups in total. The summed E-state index contributed by atoms with van der Waals surface area (Å²) in [5.74, 6) is -0.0400. The molecule has 0 aromatic rings. The number of ketones is 2. The Morgan fingerprint density at radius 1 is 1.29 bits per heavy atom. The van der Waals surface area contributed by atoms with Crippen molar-refractivity contribution in [3.63, 3.8) is 0 Å². The molecule has 2 nitrogen and oxygen atoms in total. The Balaban J connectivity index is 3.05. The predicted molar refractivity (Wildman–Crippen MR) is 55.9 cm³/mol. The summed E-state index contributed by atoms with van der Waals surface area (Å²) in [5.41, 5.74) is 1.76. The largest absolute Gasteiger partial charge is 0.290 e. The molecule has 0 saturated heterocycles. The number of carbonyl (C=O) groups is 2. The number of allylic oxidation sites excluding steroid dienone is 6. The predicted octanol–water partition coefficient (Wildman–Crippen LogP) is 2.37. The lowest BCUT2D eigenvalue weighted by molar-refractivity contribution is -0.115. The van der Waals surface area contributed by atoms with E-state index in [0.717, 1.165) is 0 Å². The van der Waals surface area contributed by atoms with Crippen molar-refractivity contribution < 1.29 is 9.59 Å². The van der Waals surface area contributed by atoms with Crippen molar-refractivity contribution in [2.75, 3.05) is 0 Å². The summed E-state index contributed by atoms with van der Waals surface area (Å²) in [5, 5.41) is 0. The van der Waals surface area contributed by atoms with Crippen molar-refractivity contribution in [2.45, 2.75) is 27.2 Å². The van der Waals surface area contributed by atoms with Gasteiger partial charge in [0, 0.05) is 16.7 Å². The van der Waals surface area contributed by atoms with Crippen LogP contribution in [0, 0.1) is 0 Å². The zero-order chi connectivity index (χ0) is 10.7. The van der Waals surface area contributed by atoms with Crippen molar-refractivity contribution in [1.82, 2.24) is 0 Å². The first-order valence-electron chi connectivity index (χ1n) is 4.66. The van der Waals surface area contributed by atoms with Gasteiger partial charge in [-0.15, -0.1) is 0 Å². The van der Waals surface area contributed by atoms with Crippen LogP contribution in [0.2, 0.25) is 0 Å². The lowest BCUT2D eigenvalue weighted by atomic mass is 9.89. The van der Waals surface area contributed by atoms with Gasteiger partial charge in [0.15, 0.2) is 11.6 Å². The second-order valence-corrected chi connectivity index (χ2v) is 3.40. The molecule has 0 bridgehead atoms. The molecule has 0 aliphatic heterocycles. The van der Waals surface area contributed by atoms with E-state index in [1.807, 2.05) is 19.1 Å². The second-order valence-electron chi connectivity index (χ2n) is 3.40. The number of hydrogen-bond donors (Lipinski definition) is 0. The van der Waals surface area contributed by atoms with Gasteiger partial charge in [0.1, 0.15) is 0 Å². The fourth-order valence-electron chi connectivity index (χ4n) is 1.41. The molecule has 0 amide bonds. The molecule has 1 aliphatic carbocycles. The SMILES string of the molecule is CC=CCC1=C(C)C(=O)C=C(C)C1=O. The Hall–Kier alpha value is -1.44. The van der Waals surface area contributed by atoms with Crippen LogP contribution in [0.4, 0.5) is 0 Å². The van der Waals surface area contributed by atoms with E-state index in [-0.39, 0.29) is 11.6 Å². The highest BCUT2D eigenvalue weighted by molar-refractivity contribution is 6.22. The first-order chi connectivity index (χ1) is 6.57. The van der Waals surface area contributed by atoms with Crippen LogP contribution in [0.3, 0.4) is 0 Å². The molecule has 0 atom stereocenters. The van der Waals surface area contributed by atoms with E-state index in [9.17, 15) is 9.59 Å². The first kappa shape index (κ1) is 10.6. The Kier molecular flexibility index (Phi) is 3.18. The zero-order valence-electron chi connectivity index (χ0n) is 8.76. The molecule has 1 rings (SSSR count). The standard InChI is InChI=1S/C12H14O2/c1-4-5-6-10-9(3)11(13)7-8(2)12(10)14/h4-5,7H,6H2,1-3H3. The maximum Gasteiger partial charge on any atom is 0.185 e. The quantitative estimate of drug-likeness (QED) is 0.495. The smallest absolute Gasteiger partial charge is 0.185 e. The molecule has 0 aromatic heterocycles. The van der Waals surface area contributed by atoms with Gasteiger partial charge in [-0.2, -0.15) is 0 Å². The van der Waals surface area contributed by atoms with Gasteiger partial charge in [0.25, 0.3) is 0 Å². The molecule has 0 unspecified atom stereocenters. The molecular weight excluding hydrogens is 176 g/mol. The molecule has 14 heavy (non-hydrogen) atoms. The third kappa shape index (κ3) is 1.90. The van der Waals surface area contributed by atoms with Crippen LogP contribution in [-0.2, 0) is 9.59 Å². The van der Waals surface area contributed by atoms with Gasteiger partial charge < -0.3 is 0 Å². The van der Waals surface area contributed by atoms with Crippen molar-refractivity contribution in [1.29, 1.82) is 0 Å². The topological polar surface area (TPSA) is 34.1 Å². The van der Waals surface area contributed by atoms with Gasteiger partial charge in [-0.05, 0) is 33.3 Å². The Morgan fingerprint density at radius 3 is 2.50 bits per heavy atom. The van der Waals surface area contributed by atoms with E-state index in [2.05, 4.69) is 0 Å². The second kappa shape index (κ2) is 4.18. The molecule has 0 saturated carbocycles. The number of rotatable bonds is 2. The summed E-state index contributed by atoms with van der Waals surface area (Å²) >= 11 is 0. The van der Waals surface area contributed by atoms with Gasteiger partial charge in [-0.25, -0.2) is 0 Å². The minimum absolute atomic E-state index is 0.000185. The van der Waals surface area contributed by atoms with Crippen LogP contribution in [0.1, 0.15) is 27.2 Å². The van der Waals surface area contributed by atoms with Gasteiger partial charge in [0.2, 0.25) is 0 Å². The van der Waals surface area contributed by atoms with Crippen LogP contribution in [0.15, 0.2) is 34.9 Å². The molecule has 0 heterocycles. The summed E-state index contributed by atoms with van der Waals surface area (Å²) in [7, 11) is 0. The third-order valence-corrected chi connectivity index (χ3v) is 2.36.